The second-order valence-electron chi connectivity index (χ2n) is 13.6. The Labute approximate surface area is 261 Å². The highest BCUT2D eigenvalue weighted by molar-refractivity contribution is 6.00. The molecule has 1 amide bonds. The molecule has 44 heavy (non-hydrogen) atoms. The molecule has 13 nitrogen and oxygen atoms in total. The van der Waals surface area contributed by atoms with E-state index in [9.17, 15) is 24.3 Å². The predicted octanol–water partition coefficient (Wildman–Crippen LogP) is 2.06. The van der Waals surface area contributed by atoms with Crippen LogP contribution < -0.4 is 5.84 Å². The third-order valence-electron chi connectivity index (χ3n) is 10.1. The normalized spacial score (nSPS) is 44.7. The number of carbonyl (C=O) groups is 4. The van der Waals surface area contributed by atoms with E-state index in [2.05, 4.69) is 0 Å². The summed E-state index contributed by atoms with van der Waals surface area (Å²) in [6.45, 7) is 13.5. The molecule has 3 N–H and O–H groups in total. The number of likely N-dealkylation sites (N-methyl/N-ethyl adjacent to an activating group) is 1. The number of hydrogen-bond acceptors (Lipinski definition) is 12. The van der Waals surface area contributed by atoms with Gasteiger partial charge in [-0.3, -0.25) is 14.4 Å². The van der Waals surface area contributed by atoms with Gasteiger partial charge in [0.25, 0.3) is 0 Å². The standard InChI is InChI=1S/C31H53N3O10/c1-12-21-31(8)25(34(32)29(39)44-31)17(4)22(35)15(2)14-30(7,40-11)26(18(5)23(36)19(6)27(38)42-21)43-28-24(37)20(33(9)10)13-16(3)41-28/h15-21,24-26,28,37H,12-14,32H2,1-11H3/t15-,16-,17+,18+,19-,20+,21-,24+,25-,26-,28+,30+,31-/m1/s1. The Bertz CT molecular complexity index is 1090. The number of nitrogens with two attached hydrogens (primary N) is 1. The Kier molecular flexibility index (Phi) is 11.3. The summed E-state index contributed by atoms with van der Waals surface area (Å²) < 4.78 is 30.1. The molecule has 0 aromatic heterocycles. The summed E-state index contributed by atoms with van der Waals surface area (Å²) in [6, 6.07) is -1.22. The van der Waals surface area contributed by atoms with Crippen LogP contribution >= 0.6 is 0 Å². The number of amides is 1. The van der Waals surface area contributed by atoms with Gasteiger partial charge in [-0.1, -0.05) is 27.7 Å². The Morgan fingerprint density at radius 2 is 1.66 bits per heavy atom. The highest BCUT2D eigenvalue weighted by Gasteiger charge is 2.60. The minimum Gasteiger partial charge on any atom is -0.458 e. The molecule has 0 aromatic rings. The number of Topliss-reactive ketones (excluding diaryl/α,β-unsaturated/α-hetero) is 2. The van der Waals surface area contributed by atoms with Crippen molar-refractivity contribution in [2.75, 3.05) is 21.2 Å². The van der Waals surface area contributed by atoms with E-state index in [1.165, 1.54) is 14.0 Å². The lowest BCUT2D eigenvalue weighted by Gasteiger charge is -2.47. The van der Waals surface area contributed by atoms with E-state index >= 15 is 0 Å². The average Bonchev–Trinajstić information content (AvgIpc) is 3.20. The van der Waals surface area contributed by atoms with Crippen molar-refractivity contribution in [1.29, 1.82) is 0 Å². The number of ether oxygens (including phenoxy) is 5. The molecule has 3 aliphatic rings. The van der Waals surface area contributed by atoms with Crippen molar-refractivity contribution >= 4 is 23.6 Å². The minimum atomic E-state index is -1.45. The maximum Gasteiger partial charge on any atom is 0.425 e. The minimum absolute atomic E-state index is 0.114. The molecule has 3 aliphatic heterocycles. The van der Waals surface area contributed by atoms with Crippen molar-refractivity contribution in [2.45, 2.75) is 129 Å². The third kappa shape index (κ3) is 6.68. The summed E-state index contributed by atoms with van der Waals surface area (Å²) in [7, 11) is 5.18. The number of cyclic esters (lactones) is 1. The van der Waals surface area contributed by atoms with Crippen LogP contribution in [0.3, 0.4) is 0 Å². The molecule has 0 unspecified atom stereocenters. The fourth-order valence-electron chi connectivity index (χ4n) is 7.41. The van der Waals surface area contributed by atoms with Crippen molar-refractivity contribution < 1.29 is 48.0 Å². The summed E-state index contributed by atoms with van der Waals surface area (Å²) in [5.41, 5.74) is -2.71. The van der Waals surface area contributed by atoms with Gasteiger partial charge in [0.05, 0.1) is 17.8 Å². The number of hydrazine groups is 1. The van der Waals surface area contributed by atoms with Gasteiger partial charge in [-0.2, -0.15) is 0 Å². The number of fused-ring (bicyclic) bond motifs is 1. The van der Waals surface area contributed by atoms with Crippen molar-refractivity contribution in [3.05, 3.63) is 0 Å². The van der Waals surface area contributed by atoms with Crippen LogP contribution in [0.15, 0.2) is 0 Å². The number of nitrogens with zero attached hydrogens (tertiary/aromatic N) is 2. The molecule has 13 heteroatoms. The van der Waals surface area contributed by atoms with Crippen molar-refractivity contribution in [3.63, 3.8) is 0 Å². The third-order valence-corrected chi connectivity index (χ3v) is 10.1. The first kappa shape index (κ1) is 36.3. The first-order valence-electron chi connectivity index (χ1n) is 15.6. The molecule has 3 rings (SSSR count). The lowest BCUT2D eigenvalue weighted by atomic mass is 9.73. The van der Waals surface area contributed by atoms with Crippen LogP contribution in [0, 0.1) is 23.7 Å². The maximum absolute atomic E-state index is 14.0. The number of hydrogen-bond donors (Lipinski definition) is 2. The predicted molar refractivity (Wildman–Crippen MR) is 159 cm³/mol. The van der Waals surface area contributed by atoms with Crippen LogP contribution in [-0.4, -0.2) is 114 Å². The van der Waals surface area contributed by atoms with Crippen molar-refractivity contribution in [1.82, 2.24) is 9.91 Å². The molecule has 3 heterocycles. The molecule has 0 bridgehead atoms. The quantitative estimate of drug-likeness (QED) is 0.197. The zero-order valence-electron chi connectivity index (χ0n) is 28.1. The Hall–Kier alpha value is -2.16. The van der Waals surface area contributed by atoms with E-state index in [-0.39, 0.29) is 30.8 Å². The highest BCUT2D eigenvalue weighted by Crippen LogP contribution is 2.42. The summed E-state index contributed by atoms with van der Waals surface area (Å²) in [5, 5.41) is 12.1. The monoisotopic (exact) mass is 627 g/mol. The second kappa shape index (κ2) is 13.7. The lowest BCUT2D eigenvalue weighted by molar-refractivity contribution is -0.295. The average molecular weight is 628 g/mol. The van der Waals surface area contributed by atoms with E-state index < -0.39 is 83.4 Å². The summed E-state index contributed by atoms with van der Waals surface area (Å²) >= 11 is 0. The van der Waals surface area contributed by atoms with Crippen LogP contribution in [0.4, 0.5) is 4.79 Å². The van der Waals surface area contributed by atoms with Gasteiger partial charge in [-0.05, 0) is 61.1 Å². The number of methoxy groups -OCH3 is 1. The molecule has 3 fully saturated rings. The Morgan fingerprint density at radius 3 is 2.20 bits per heavy atom. The van der Waals surface area contributed by atoms with E-state index in [0.29, 0.717) is 6.42 Å². The SMILES string of the molecule is CC[C@H]1OC(=O)[C@H](C)C(=O)[C@H](C)[C@@H](O[C@@H]2O[C@H](C)C[C@H](N(C)C)[C@@H]2O)[C@@](C)(OC)C[C@@H](C)C(=O)[C@H](C)[C@H]2N(N)C(=O)O[C@]12C. The van der Waals surface area contributed by atoms with E-state index in [1.54, 1.807) is 41.5 Å². The van der Waals surface area contributed by atoms with Gasteiger partial charge in [0.2, 0.25) is 0 Å². The van der Waals surface area contributed by atoms with Gasteiger partial charge < -0.3 is 33.7 Å². The van der Waals surface area contributed by atoms with Crippen molar-refractivity contribution in [2.24, 2.45) is 29.5 Å². The molecule has 3 saturated heterocycles. The van der Waals surface area contributed by atoms with Gasteiger partial charge in [-0.15, -0.1) is 0 Å². The summed E-state index contributed by atoms with van der Waals surface area (Å²) in [4.78, 5) is 56.1. The second-order valence-corrected chi connectivity index (χ2v) is 13.6. The van der Waals surface area contributed by atoms with Crippen LogP contribution in [0.5, 0.6) is 0 Å². The van der Waals surface area contributed by atoms with Crippen LogP contribution in [0.25, 0.3) is 0 Å². The van der Waals surface area contributed by atoms with Crippen LogP contribution in [0.1, 0.15) is 74.7 Å². The molecule has 13 atom stereocenters. The number of aliphatic hydroxyl groups excluding tert-OH is 1. The Morgan fingerprint density at radius 1 is 1.05 bits per heavy atom. The van der Waals surface area contributed by atoms with Crippen molar-refractivity contribution in [3.8, 4) is 0 Å². The van der Waals surface area contributed by atoms with E-state index in [0.717, 1.165) is 5.01 Å². The highest BCUT2D eigenvalue weighted by atomic mass is 16.7. The van der Waals surface area contributed by atoms with E-state index in [4.69, 9.17) is 29.5 Å². The summed E-state index contributed by atoms with van der Waals surface area (Å²) in [5.74, 6) is 1.03. The molecule has 0 radical (unpaired) electrons. The first-order chi connectivity index (χ1) is 20.3. The van der Waals surface area contributed by atoms with Gasteiger partial charge in [0.15, 0.2) is 17.7 Å². The zero-order valence-corrected chi connectivity index (χ0v) is 28.1. The molecule has 0 spiro atoms. The Balaban J connectivity index is 2.11. The number of esters is 1. The number of rotatable bonds is 5. The smallest absolute Gasteiger partial charge is 0.425 e. The number of aliphatic hydroxyl groups is 1. The summed E-state index contributed by atoms with van der Waals surface area (Å²) in [6.07, 6.45) is -4.33. The topological polar surface area (TPSA) is 167 Å². The zero-order chi connectivity index (χ0) is 33.5. The molecule has 252 valence electrons. The van der Waals surface area contributed by atoms with Gasteiger partial charge in [-0.25, -0.2) is 15.6 Å². The number of carbonyl (C=O) groups excluding carboxylic acids is 4. The fourth-order valence-corrected chi connectivity index (χ4v) is 7.41. The van der Waals surface area contributed by atoms with Crippen LogP contribution in [0.2, 0.25) is 0 Å². The van der Waals surface area contributed by atoms with E-state index in [1.807, 2.05) is 25.9 Å². The molecule has 0 saturated carbocycles. The first-order valence-corrected chi connectivity index (χ1v) is 15.6. The molecular formula is C31H53N3O10. The van der Waals surface area contributed by atoms with Crippen LogP contribution in [-0.2, 0) is 38.1 Å². The van der Waals surface area contributed by atoms with Gasteiger partial charge in [0.1, 0.15) is 30.0 Å². The van der Waals surface area contributed by atoms with Gasteiger partial charge in [0, 0.05) is 30.9 Å². The molecular weight excluding hydrogens is 574 g/mol. The molecule has 0 aliphatic carbocycles. The fraction of sp³-hybridized carbons (Fsp3) is 0.871. The molecule has 0 aromatic carbocycles. The maximum atomic E-state index is 14.0. The lowest BCUT2D eigenvalue weighted by Crippen LogP contribution is -2.60. The van der Waals surface area contributed by atoms with Gasteiger partial charge >= 0.3 is 12.1 Å². The number of ketones is 2. The largest absolute Gasteiger partial charge is 0.458 e.